The molecule has 23 heavy (non-hydrogen) atoms. The molecule has 0 spiro atoms. The van der Waals surface area contributed by atoms with Crippen molar-refractivity contribution in [2.45, 2.75) is 19.4 Å². The summed E-state index contributed by atoms with van der Waals surface area (Å²) in [5.41, 5.74) is 2.11. The van der Waals surface area contributed by atoms with Crippen LogP contribution in [0, 0.1) is 11.3 Å². The van der Waals surface area contributed by atoms with Gasteiger partial charge in [0.2, 0.25) is 0 Å². The van der Waals surface area contributed by atoms with Crippen molar-refractivity contribution in [3.05, 3.63) is 41.1 Å². The second-order valence-corrected chi connectivity index (χ2v) is 5.19. The van der Waals surface area contributed by atoms with Gasteiger partial charge in [0.1, 0.15) is 11.8 Å². The van der Waals surface area contributed by atoms with E-state index < -0.39 is 12.0 Å². The quantitative estimate of drug-likeness (QED) is 0.630. The predicted molar refractivity (Wildman–Crippen MR) is 88.5 cm³/mol. The predicted octanol–water partition coefficient (Wildman–Crippen LogP) is 1.94. The normalized spacial score (nSPS) is 16.9. The van der Waals surface area contributed by atoms with Crippen LogP contribution < -0.4 is 15.4 Å². The largest absolute Gasteiger partial charge is 0.479 e. The van der Waals surface area contributed by atoms with Crippen molar-refractivity contribution in [1.29, 1.82) is 5.26 Å². The van der Waals surface area contributed by atoms with Gasteiger partial charge in [-0.1, -0.05) is 19.1 Å². The molecular formula is C16H17N3O3S. The minimum Gasteiger partial charge on any atom is -0.479 e. The highest BCUT2D eigenvalue weighted by atomic mass is 32.1. The lowest BCUT2D eigenvalue weighted by atomic mass is 9.94. The lowest BCUT2D eigenvalue weighted by Crippen LogP contribution is -2.45. The van der Waals surface area contributed by atoms with Crippen LogP contribution in [0.3, 0.4) is 0 Å². The zero-order valence-electron chi connectivity index (χ0n) is 12.9. The second-order valence-electron chi connectivity index (χ2n) is 4.78. The SMILES string of the molecule is CCC1=C(C(=O)OC)[C@H](c2ccc(OCC#N)cc2)NC(=S)N1. The zero-order valence-corrected chi connectivity index (χ0v) is 13.7. The average Bonchev–Trinajstić information content (AvgIpc) is 2.58. The summed E-state index contributed by atoms with van der Waals surface area (Å²) in [7, 11) is 1.35. The lowest BCUT2D eigenvalue weighted by Gasteiger charge is -2.30. The molecule has 1 atom stereocenters. The number of nitrogens with one attached hydrogen (secondary N) is 2. The molecule has 0 unspecified atom stereocenters. The Balaban J connectivity index is 2.36. The molecule has 0 saturated carbocycles. The topological polar surface area (TPSA) is 83.4 Å². The van der Waals surface area contributed by atoms with Crippen molar-refractivity contribution in [3.63, 3.8) is 0 Å². The summed E-state index contributed by atoms with van der Waals surface area (Å²) in [6, 6.07) is 8.68. The molecule has 0 bridgehead atoms. The van der Waals surface area contributed by atoms with E-state index in [1.165, 1.54) is 7.11 Å². The smallest absolute Gasteiger partial charge is 0.337 e. The number of ether oxygens (including phenoxy) is 2. The Morgan fingerprint density at radius 2 is 2.09 bits per heavy atom. The van der Waals surface area contributed by atoms with Gasteiger partial charge in [-0.05, 0) is 36.3 Å². The van der Waals surface area contributed by atoms with E-state index in [-0.39, 0.29) is 6.61 Å². The zero-order chi connectivity index (χ0) is 16.8. The van der Waals surface area contributed by atoms with Crippen molar-refractivity contribution in [3.8, 4) is 11.8 Å². The summed E-state index contributed by atoms with van der Waals surface area (Å²) in [5, 5.41) is 15.1. The number of thiocarbonyl (C=S) groups is 1. The highest BCUT2D eigenvalue weighted by Crippen LogP contribution is 2.29. The van der Waals surface area contributed by atoms with Gasteiger partial charge in [-0.25, -0.2) is 4.79 Å². The maximum atomic E-state index is 12.2. The second kappa shape index (κ2) is 7.61. The van der Waals surface area contributed by atoms with Gasteiger partial charge in [-0.2, -0.15) is 5.26 Å². The Bertz CT molecular complexity index is 677. The summed E-state index contributed by atoms with van der Waals surface area (Å²) >= 11 is 5.22. The number of benzene rings is 1. The minimum absolute atomic E-state index is 0.0116. The van der Waals surface area contributed by atoms with Crippen molar-refractivity contribution < 1.29 is 14.3 Å². The molecule has 1 heterocycles. The Hall–Kier alpha value is -2.59. The summed E-state index contributed by atoms with van der Waals surface area (Å²) in [6.07, 6.45) is 0.631. The average molecular weight is 331 g/mol. The van der Waals surface area contributed by atoms with E-state index in [1.807, 2.05) is 25.1 Å². The van der Waals surface area contributed by atoms with Gasteiger partial charge in [-0.15, -0.1) is 0 Å². The summed E-state index contributed by atoms with van der Waals surface area (Å²) < 4.78 is 10.1. The van der Waals surface area contributed by atoms with E-state index in [2.05, 4.69) is 10.6 Å². The number of esters is 1. The van der Waals surface area contributed by atoms with Crippen molar-refractivity contribution in [1.82, 2.24) is 10.6 Å². The molecule has 2 rings (SSSR count). The van der Waals surface area contributed by atoms with E-state index in [0.717, 1.165) is 11.3 Å². The number of hydrogen-bond donors (Lipinski definition) is 2. The molecule has 1 aliphatic rings. The Labute approximate surface area is 140 Å². The van der Waals surface area contributed by atoms with Gasteiger partial charge >= 0.3 is 5.97 Å². The molecule has 2 N–H and O–H groups in total. The molecule has 6 nitrogen and oxygen atoms in total. The highest BCUT2D eigenvalue weighted by Gasteiger charge is 2.31. The van der Waals surface area contributed by atoms with E-state index >= 15 is 0 Å². The van der Waals surface area contributed by atoms with Gasteiger partial charge in [0.15, 0.2) is 11.7 Å². The number of rotatable bonds is 5. The fourth-order valence-corrected chi connectivity index (χ4v) is 2.61. The fourth-order valence-electron chi connectivity index (χ4n) is 2.37. The first-order valence-corrected chi connectivity index (χ1v) is 7.50. The minimum atomic E-state index is -0.404. The summed E-state index contributed by atoms with van der Waals surface area (Å²) in [6.45, 7) is 1.93. The van der Waals surface area contributed by atoms with Crippen LogP contribution in [-0.2, 0) is 9.53 Å². The van der Waals surface area contributed by atoms with Gasteiger partial charge in [0, 0.05) is 5.70 Å². The molecule has 1 aromatic carbocycles. The molecule has 1 aromatic rings. The first-order valence-electron chi connectivity index (χ1n) is 7.09. The van der Waals surface area contributed by atoms with Gasteiger partial charge in [0.25, 0.3) is 0 Å². The van der Waals surface area contributed by atoms with Gasteiger partial charge in [0.05, 0.1) is 18.7 Å². The monoisotopic (exact) mass is 331 g/mol. The van der Waals surface area contributed by atoms with Crippen LogP contribution in [0.2, 0.25) is 0 Å². The van der Waals surface area contributed by atoms with E-state index in [0.29, 0.717) is 22.9 Å². The van der Waals surface area contributed by atoms with Crippen molar-refractivity contribution >= 4 is 23.3 Å². The third-order valence-corrected chi connectivity index (χ3v) is 3.65. The van der Waals surface area contributed by atoms with E-state index in [9.17, 15) is 4.79 Å². The molecule has 0 amide bonds. The number of hydrogen-bond acceptors (Lipinski definition) is 5. The molecule has 0 aliphatic carbocycles. The Morgan fingerprint density at radius 3 is 2.65 bits per heavy atom. The molecule has 1 aliphatic heterocycles. The number of carbonyl (C=O) groups is 1. The Morgan fingerprint density at radius 1 is 1.39 bits per heavy atom. The highest BCUT2D eigenvalue weighted by molar-refractivity contribution is 7.80. The van der Waals surface area contributed by atoms with Gasteiger partial charge in [-0.3, -0.25) is 0 Å². The van der Waals surface area contributed by atoms with Crippen LogP contribution in [0.5, 0.6) is 5.75 Å². The standard InChI is InChI=1S/C16H17N3O3S/c1-3-12-13(15(20)21-2)14(19-16(23)18-12)10-4-6-11(7-5-10)22-9-8-17/h4-7,14H,3,9H2,1-2H3,(H2,18,19,23)/t14-/m0/s1. The van der Waals surface area contributed by atoms with Crippen LogP contribution in [0.15, 0.2) is 35.5 Å². The first-order chi connectivity index (χ1) is 11.1. The van der Waals surface area contributed by atoms with Crippen LogP contribution in [0.25, 0.3) is 0 Å². The Kier molecular flexibility index (Phi) is 5.55. The van der Waals surface area contributed by atoms with Crippen molar-refractivity contribution in [2.75, 3.05) is 13.7 Å². The maximum absolute atomic E-state index is 12.2. The first kappa shape index (κ1) is 16.8. The molecule has 0 saturated heterocycles. The fraction of sp³-hybridized carbons (Fsp3) is 0.312. The number of methoxy groups -OCH3 is 1. The van der Waals surface area contributed by atoms with E-state index in [1.54, 1.807) is 12.1 Å². The van der Waals surface area contributed by atoms with Crippen LogP contribution in [-0.4, -0.2) is 24.8 Å². The van der Waals surface area contributed by atoms with Crippen LogP contribution >= 0.6 is 12.2 Å². The molecule has 0 fully saturated rings. The maximum Gasteiger partial charge on any atom is 0.337 e. The van der Waals surface area contributed by atoms with E-state index in [4.69, 9.17) is 27.0 Å². The van der Waals surface area contributed by atoms with Gasteiger partial charge < -0.3 is 20.1 Å². The third-order valence-electron chi connectivity index (χ3n) is 3.43. The summed E-state index contributed by atoms with van der Waals surface area (Å²) in [4.78, 5) is 12.2. The van der Waals surface area contributed by atoms with Crippen LogP contribution in [0.1, 0.15) is 24.9 Å². The lowest BCUT2D eigenvalue weighted by molar-refractivity contribution is -0.136. The molecule has 0 aromatic heterocycles. The molecule has 0 radical (unpaired) electrons. The molecule has 7 heteroatoms. The molecular weight excluding hydrogens is 314 g/mol. The van der Waals surface area contributed by atoms with Crippen molar-refractivity contribution in [2.24, 2.45) is 0 Å². The number of nitrogens with zero attached hydrogens (tertiary/aromatic N) is 1. The third kappa shape index (κ3) is 3.79. The summed E-state index contributed by atoms with van der Waals surface area (Å²) in [5.74, 6) is 0.185. The number of carbonyl (C=O) groups excluding carboxylic acids is 1. The molecule has 120 valence electrons. The number of nitriles is 1. The number of allylic oxidation sites excluding steroid dienone is 1. The van der Waals surface area contributed by atoms with Crippen LogP contribution in [0.4, 0.5) is 0 Å².